The fourth-order valence-corrected chi connectivity index (χ4v) is 3.72. The van der Waals surface area contributed by atoms with Gasteiger partial charge in [-0.25, -0.2) is 0 Å². The van der Waals surface area contributed by atoms with Crippen molar-refractivity contribution in [2.24, 2.45) is 0 Å². The summed E-state index contributed by atoms with van der Waals surface area (Å²) in [5, 5.41) is 8.72. The van der Waals surface area contributed by atoms with E-state index < -0.39 is 0 Å². The summed E-state index contributed by atoms with van der Waals surface area (Å²) in [5.74, 6) is 0.0588. The summed E-state index contributed by atoms with van der Waals surface area (Å²) in [6, 6.07) is 4.03. The first-order chi connectivity index (χ1) is 8.27. The van der Waals surface area contributed by atoms with E-state index in [0.717, 1.165) is 17.7 Å². The molecule has 0 unspecified atom stereocenters. The van der Waals surface area contributed by atoms with Gasteiger partial charge in [0.1, 0.15) is 0 Å². The van der Waals surface area contributed by atoms with Crippen LogP contribution in [0.25, 0.3) is 0 Å². The van der Waals surface area contributed by atoms with E-state index in [2.05, 4.69) is 38.3 Å². The molecule has 2 N–H and O–H groups in total. The maximum Gasteiger partial charge on any atom is 0.261 e. The summed E-state index contributed by atoms with van der Waals surface area (Å²) in [6.45, 7) is 8.77. The van der Waals surface area contributed by atoms with E-state index in [1.165, 1.54) is 11.3 Å². The van der Waals surface area contributed by atoms with Crippen LogP contribution in [0.3, 0.4) is 0 Å². The molecule has 1 saturated heterocycles. The van der Waals surface area contributed by atoms with Crippen molar-refractivity contribution in [2.45, 2.75) is 57.7 Å². The third-order valence-electron chi connectivity index (χ3n) is 3.27. The SMILES string of the molecule is CC1(C)CC(NC(=O)c2cccs2)CC(C)(C)N1. The zero-order chi connectivity index (χ0) is 13.4. The minimum atomic E-state index is 0.0588. The largest absolute Gasteiger partial charge is 0.348 e. The number of carbonyl (C=O) groups excluding carboxylic acids is 1. The first-order valence-corrected chi connectivity index (χ1v) is 7.29. The third-order valence-corrected chi connectivity index (χ3v) is 4.14. The molecular formula is C14H22N2OS. The molecule has 0 aromatic carbocycles. The van der Waals surface area contributed by atoms with Crippen LogP contribution in [0.15, 0.2) is 17.5 Å². The zero-order valence-corrected chi connectivity index (χ0v) is 12.4. The van der Waals surface area contributed by atoms with Crippen LogP contribution in [-0.4, -0.2) is 23.0 Å². The van der Waals surface area contributed by atoms with Crippen LogP contribution in [0.1, 0.15) is 50.2 Å². The van der Waals surface area contributed by atoms with Crippen LogP contribution in [0.4, 0.5) is 0 Å². The fraction of sp³-hybridized carbons (Fsp3) is 0.643. The molecule has 1 fully saturated rings. The van der Waals surface area contributed by atoms with Crippen LogP contribution in [0, 0.1) is 0 Å². The second kappa shape index (κ2) is 4.67. The Morgan fingerprint density at radius 1 is 1.33 bits per heavy atom. The summed E-state index contributed by atoms with van der Waals surface area (Å²) in [5.41, 5.74) is 0.129. The summed E-state index contributed by atoms with van der Waals surface area (Å²) in [4.78, 5) is 12.9. The molecule has 1 aliphatic rings. The average molecular weight is 266 g/mol. The number of hydrogen-bond acceptors (Lipinski definition) is 3. The smallest absolute Gasteiger partial charge is 0.261 e. The van der Waals surface area contributed by atoms with E-state index in [-0.39, 0.29) is 23.0 Å². The second-order valence-corrected chi connectivity index (χ2v) is 7.40. The van der Waals surface area contributed by atoms with Gasteiger partial charge in [-0.2, -0.15) is 0 Å². The van der Waals surface area contributed by atoms with E-state index in [9.17, 15) is 4.79 Å². The lowest BCUT2D eigenvalue weighted by molar-refractivity contribution is 0.0877. The van der Waals surface area contributed by atoms with Crippen molar-refractivity contribution >= 4 is 17.2 Å². The molecule has 1 aromatic heterocycles. The topological polar surface area (TPSA) is 41.1 Å². The molecule has 18 heavy (non-hydrogen) atoms. The number of piperidine rings is 1. The van der Waals surface area contributed by atoms with Crippen molar-refractivity contribution in [2.75, 3.05) is 0 Å². The Hall–Kier alpha value is -0.870. The van der Waals surface area contributed by atoms with Gasteiger partial charge in [0.15, 0.2) is 0 Å². The first-order valence-electron chi connectivity index (χ1n) is 6.41. The maximum atomic E-state index is 12.1. The Balaban J connectivity index is 2.03. The Bertz CT molecular complexity index is 407. The van der Waals surface area contributed by atoms with Gasteiger partial charge in [-0.15, -0.1) is 11.3 Å². The summed E-state index contributed by atoms with van der Waals surface area (Å²) >= 11 is 1.49. The molecule has 0 bridgehead atoms. The molecule has 2 rings (SSSR count). The summed E-state index contributed by atoms with van der Waals surface area (Å²) in [6.07, 6.45) is 1.93. The van der Waals surface area contributed by atoms with Crippen molar-refractivity contribution in [1.29, 1.82) is 0 Å². The quantitative estimate of drug-likeness (QED) is 0.864. The standard InChI is InChI=1S/C14H22N2OS/c1-13(2)8-10(9-14(3,4)16-13)15-12(17)11-6-5-7-18-11/h5-7,10,16H,8-9H2,1-4H3,(H,15,17). The lowest BCUT2D eigenvalue weighted by Crippen LogP contribution is -2.62. The summed E-state index contributed by atoms with van der Waals surface area (Å²) in [7, 11) is 0. The van der Waals surface area contributed by atoms with E-state index in [4.69, 9.17) is 0 Å². The highest BCUT2D eigenvalue weighted by atomic mass is 32.1. The van der Waals surface area contributed by atoms with Gasteiger partial charge in [-0.3, -0.25) is 4.79 Å². The maximum absolute atomic E-state index is 12.1. The Kier molecular flexibility index (Phi) is 3.52. The van der Waals surface area contributed by atoms with Gasteiger partial charge < -0.3 is 10.6 Å². The van der Waals surface area contributed by atoms with Crippen molar-refractivity contribution in [3.05, 3.63) is 22.4 Å². The second-order valence-electron chi connectivity index (χ2n) is 6.45. The number of rotatable bonds is 2. The van der Waals surface area contributed by atoms with Crippen LogP contribution < -0.4 is 10.6 Å². The highest BCUT2D eigenvalue weighted by Gasteiger charge is 2.38. The van der Waals surface area contributed by atoms with Gasteiger partial charge in [0.05, 0.1) is 4.88 Å². The minimum Gasteiger partial charge on any atom is -0.348 e. The van der Waals surface area contributed by atoms with Crippen molar-refractivity contribution in [3.8, 4) is 0 Å². The molecule has 0 saturated carbocycles. The van der Waals surface area contributed by atoms with E-state index in [1.807, 2.05) is 17.5 Å². The molecular weight excluding hydrogens is 244 g/mol. The normalized spacial score (nSPS) is 22.7. The number of thiophene rings is 1. The van der Waals surface area contributed by atoms with Gasteiger partial charge in [0.25, 0.3) is 5.91 Å². The van der Waals surface area contributed by atoms with E-state index >= 15 is 0 Å². The van der Waals surface area contributed by atoms with Crippen molar-refractivity contribution in [3.63, 3.8) is 0 Å². The number of carbonyl (C=O) groups is 1. The molecule has 2 heterocycles. The third kappa shape index (κ3) is 3.33. The molecule has 1 aromatic rings. The predicted molar refractivity (Wildman–Crippen MR) is 76.1 cm³/mol. The molecule has 1 aliphatic heterocycles. The van der Waals surface area contributed by atoms with E-state index in [1.54, 1.807) is 0 Å². The summed E-state index contributed by atoms with van der Waals surface area (Å²) < 4.78 is 0. The number of nitrogens with one attached hydrogen (secondary N) is 2. The van der Waals surface area contributed by atoms with Crippen LogP contribution >= 0.6 is 11.3 Å². The highest BCUT2D eigenvalue weighted by molar-refractivity contribution is 7.12. The van der Waals surface area contributed by atoms with Crippen molar-refractivity contribution in [1.82, 2.24) is 10.6 Å². The molecule has 100 valence electrons. The van der Waals surface area contributed by atoms with Gasteiger partial charge in [0, 0.05) is 17.1 Å². The monoisotopic (exact) mass is 266 g/mol. The Morgan fingerprint density at radius 3 is 2.44 bits per heavy atom. The van der Waals surface area contributed by atoms with Gasteiger partial charge in [-0.05, 0) is 52.0 Å². The molecule has 0 aliphatic carbocycles. The minimum absolute atomic E-state index is 0.0588. The molecule has 0 radical (unpaired) electrons. The Morgan fingerprint density at radius 2 is 1.94 bits per heavy atom. The van der Waals surface area contributed by atoms with Gasteiger partial charge in [0.2, 0.25) is 0 Å². The lowest BCUT2D eigenvalue weighted by Gasteiger charge is -2.46. The van der Waals surface area contributed by atoms with Crippen LogP contribution in [-0.2, 0) is 0 Å². The molecule has 1 amide bonds. The Labute approximate surface area is 113 Å². The molecule has 4 heteroatoms. The molecule has 0 atom stereocenters. The lowest BCUT2D eigenvalue weighted by atomic mass is 9.79. The fourth-order valence-electron chi connectivity index (χ4n) is 3.09. The number of amides is 1. The molecule has 3 nitrogen and oxygen atoms in total. The first kappa shape index (κ1) is 13.6. The number of hydrogen-bond donors (Lipinski definition) is 2. The highest BCUT2D eigenvalue weighted by Crippen LogP contribution is 2.28. The van der Waals surface area contributed by atoms with Crippen LogP contribution in [0.2, 0.25) is 0 Å². The average Bonchev–Trinajstić information content (AvgIpc) is 2.63. The molecule has 0 spiro atoms. The van der Waals surface area contributed by atoms with Gasteiger partial charge in [-0.1, -0.05) is 6.07 Å². The van der Waals surface area contributed by atoms with Crippen LogP contribution in [0.5, 0.6) is 0 Å². The van der Waals surface area contributed by atoms with Gasteiger partial charge >= 0.3 is 0 Å². The van der Waals surface area contributed by atoms with Crippen molar-refractivity contribution < 1.29 is 4.79 Å². The zero-order valence-electron chi connectivity index (χ0n) is 11.5. The predicted octanol–water partition coefficient (Wildman–Crippen LogP) is 2.79. The van der Waals surface area contributed by atoms with E-state index in [0.29, 0.717) is 0 Å².